The topological polar surface area (TPSA) is 114 Å². The molecule has 9 nitrogen and oxygen atoms in total. The molecule has 9 heteroatoms. The van der Waals surface area contributed by atoms with Crippen LogP contribution in [0.4, 0.5) is 5.95 Å². The van der Waals surface area contributed by atoms with Gasteiger partial charge in [-0.2, -0.15) is 0 Å². The number of carbonyl (C=O) groups is 2. The predicted octanol–water partition coefficient (Wildman–Crippen LogP) is 4.71. The van der Waals surface area contributed by atoms with E-state index in [4.69, 9.17) is 14.2 Å². The van der Waals surface area contributed by atoms with Gasteiger partial charge in [0.2, 0.25) is 12.7 Å². The van der Waals surface area contributed by atoms with Gasteiger partial charge in [-0.15, -0.1) is 0 Å². The number of aromatic nitrogens is 2. The maximum Gasteiger partial charge on any atom is 0.302 e. The third-order valence-corrected chi connectivity index (χ3v) is 6.26. The van der Waals surface area contributed by atoms with E-state index in [0.717, 1.165) is 5.52 Å². The smallest absolute Gasteiger partial charge is 0.302 e. The molecule has 6 rings (SSSR count). The normalized spacial score (nSPS) is 18.2. The lowest BCUT2D eigenvalue weighted by molar-refractivity contribution is -0.132. The van der Waals surface area contributed by atoms with Gasteiger partial charge in [-0.05, 0) is 61.9 Å². The van der Waals surface area contributed by atoms with Gasteiger partial charge in [0.1, 0.15) is 11.5 Å². The molecule has 0 radical (unpaired) electrons. The first-order valence-electron chi connectivity index (χ1n) is 11.8. The average Bonchev–Trinajstić information content (AvgIpc) is 3.59. The second-order valence-corrected chi connectivity index (χ2v) is 9.05. The second kappa shape index (κ2) is 8.70. The van der Waals surface area contributed by atoms with Crippen molar-refractivity contribution in [3.8, 4) is 17.2 Å². The summed E-state index contributed by atoms with van der Waals surface area (Å²) in [5.74, 6) is -0.0885. The minimum absolute atomic E-state index is 0.0157. The summed E-state index contributed by atoms with van der Waals surface area (Å²) in [5, 5.41) is 11.4. The van der Waals surface area contributed by atoms with Crippen molar-refractivity contribution in [3.63, 3.8) is 0 Å². The highest BCUT2D eigenvalue weighted by Gasteiger charge is 2.48. The van der Waals surface area contributed by atoms with E-state index in [2.05, 4.69) is 9.97 Å². The van der Waals surface area contributed by atoms with Crippen LogP contribution >= 0.6 is 0 Å². The Morgan fingerprint density at radius 3 is 2.57 bits per heavy atom. The monoisotopic (exact) mass is 497 g/mol. The van der Waals surface area contributed by atoms with Crippen molar-refractivity contribution in [3.05, 3.63) is 83.4 Å². The van der Waals surface area contributed by atoms with Crippen molar-refractivity contribution in [2.24, 2.45) is 0 Å². The van der Waals surface area contributed by atoms with Crippen molar-refractivity contribution in [2.45, 2.75) is 26.0 Å². The van der Waals surface area contributed by atoms with Gasteiger partial charge in [0, 0.05) is 5.56 Å². The van der Waals surface area contributed by atoms with Gasteiger partial charge in [-0.1, -0.05) is 24.3 Å². The highest BCUT2D eigenvalue weighted by atomic mass is 16.7. The molecule has 3 aromatic carbocycles. The number of para-hydroxylation sites is 2. The number of aliphatic hydroxyl groups is 1. The maximum atomic E-state index is 13.4. The number of rotatable bonds is 5. The van der Waals surface area contributed by atoms with Crippen molar-refractivity contribution in [1.82, 2.24) is 9.97 Å². The number of nitrogens with zero attached hydrogens (tertiary/aromatic N) is 2. The molecule has 2 N–H and O–H groups in total. The molecule has 0 spiro atoms. The van der Waals surface area contributed by atoms with Gasteiger partial charge in [0.25, 0.3) is 5.78 Å². The van der Waals surface area contributed by atoms with Crippen LogP contribution in [0.25, 0.3) is 16.8 Å². The molecular weight excluding hydrogens is 474 g/mol. The maximum absolute atomic E-state index is 13.4. The van der Waals surface area contributed by atoms with Crippen LogP contribution in [0.2, 0.25) is 0 Å². The zero-order chi connectivity index (χ0) is 25.7. The molecule has 1 saturated heterocycles. The number of hydrogen-bond acceptors (Lipinski definition) is 7. The number of aliphatic hydroxyl groups excluding tert-OH is 1. The van der Waals surface area contributed by atoms with E-state index < -0.39 is 17.7 Å². The number of ether oxygens (including phenoxy) is 3. The SMILES string of the molecule is CC(C)Oc1ccc(C2/C(=C(\O)c3ccc4c(c3)OCO4)C(=O)C(=O)N2c2nc3ccccc3[nH]2)cc1. The molecule has 186 valence electrons. The van der Waals surface area contributed by atoms with Crippen molar-refractivity contribution >= 4 is 34.4 Å². The van der Waals surface area contributed by atoms with Crippen LogP contribution < -0.4 is 19.1 Å². The molecular formula is C28H23N3O6. The molecule has 1 fully saturated rings. The molecule has 0 saturated carbocycles. The molecule has 1 atom stereocenters. The Bertz CT molecular complexity index is 1540. The summed E-state index contributed by atoms with van der Waals surface area (Å²) in [5.41, 5.74) is 2.25. The summed E-state index contributed by atoms with van der Waals surface area (Å²) in [4.78, 5) is 35.8. The summed E-state index contributed by atoms with van der Waals surface area (Å²) in [6.07, 6.45) is -0.0157. The Balaban J connectivity index is 1.51. The molecule has 2 aliphatic heterocycles. The van der Waals surface area contributed by atoms with Gasteiger partial charge >= 0.3 is 5.91 Å². The molecule has 0 aliphatic carbocycles. The number of imidazole rings is 1. The number of fused-ring (bicyclic) bond motifs is 2. The molecule has 2 aliphatic rings. The first-order chi connectivity index (χ1) is 17.9. The number of hydrogen-bond donors (Lipinski definition) is 2. The van der Waals surface area contributed by atoms with Crippen molar-refractivity contribution < 1.29 is 28.9 Å². The van der Waals surface area contributed by atoms with Crippen LogP contribution in [-0.4, -0.2) is 39.7 Å². The first-order valence-corrected chi connectivity index (χ1v) is 11.8. The Morgan fingerprint density at radius 2 is 1.81 bits per heavy atom. The number of H-pyrrole nitrogens is 1. The number of ketones is 1. The van der Waals surface area contributed by atoms with Gasteiger partial charge < -0.3 is 24.3 Å². The zero-order valence-electron chi connectivity index (χ0n) is 20.1. The predicted molar refractivity (Wildman–Crippen MR) is 136 cm³/mol. The fraction of sp³-hybridized carbons (Fsp3) is 0.179. The third kappa shape index (κ3) is 3.85. The summed E-state index contributed by atoms with van der Waals surface area (Å²) in [6.45, 7) is 3.92. The van der Waals surface area contributed by atoms with Gasteiger partial charge in [-0.3, -0.25) is 14.5 Å². The number of amides is 1. The fourth-order valence-corrected chi connectivity index (χ4v) is 4.62. The lowest BCUT2D eigenvalue weighted by Gasteiger charge is -2.23. The summed E-state index contributed by atoms with van der Waals surface area (Å²) in [7, 11) is 0. The van der Waals surface area contributed by atoms with E-state index in [9.17, 15) is 14.7 Å². The molecule has 1 aromatic heterocycles. The number of benzene rings is 3. The minimum atomic E-state index is -0.931. The van der Waals surface area contributed by atoms with E-state index in [-0.39, 0.29) is 30.2 Å². The van der Waals surface area contributed by atoms with E-state index >= 15 is 0 Å². The Hall–Kier alpha value is -4.79. The lowest BCUT2D eigenvalue weighted by atomic mass is 9.95. The third-order valence-electron chi connectivity index (χ3n) is 6.26. The molecule has 37 heavy (non-hydrogen) atoms. The lowest BCUT2D eigenvalue weighted by Crippen LogP contribution is -2.30. The number of anilines is 1. The van der Waals surface area contributed by atoms with E-state index in [1.54, 1.807) is 42.5 Å². The average molecular weight is 498 g/mol. The second-order valence-electron chi connectivity index (χ2n) is 9.05. The first kappa shape index (κ1) is 22.7. The minimum Gasteiger partial charge on any atom is -0.507 e. The summed E-state index contributed by atoms with van der Waals surface area (Å²) in [6, 6.07) is 18.4. The Labute approximate surface area is 211 Å². The largest absolute Gasteiger partial charge is 0.507 e. The summed E-state index contributed by atoms with van der Waals surface area (Å²) < 4.78 is 16.5. The number of nitrogens with one attached hydrogen (secondary N) is 1. The molecule has 0 bridgehead atoms. The molecule has 1 amide bonds. The quantitative estimate of drug-likeness (QED) is 0.233. The zero-order valence-corrected chi connectivity index (χ0v) is 20.1. The number of carbonyl (C=O) groups excluding carboxylic acids is 2. The van der Waals surface area contributed by atoms with E-state index in [1.165, 1.54) is 4.90 Å². The number of Topliss-reactive ketones (excluding diaryl/α,β-unsaturated/α-hetero) is 1. The number of aromatic amines is 1. The van der Waals surface area contributed by atoms with Crippen LogP contribution in [0.15, 0.2) is 72.3 Å². The van der Waals surface area contributed by atoms with Gasteiger partial charge in [0.05, 0.1) is 28.8 Å². The van der Waals surface area contributed by atoms with Crippen molar-refractivity contribution in [2.75, 3.05) is 11.7 Å². The van der Waals surface area contributed by atoms with Crippen LogP contribution in [-0.2, 0) is 9.59 Å². The molecule has 1 unspecified atom stereocenters. The molecule has 4 aromatic rings. The Kier molecular flexibility index (Phi) is 5.33. The van der Waals surface area contributed by atoms with Crippen LogP contribution in [0.3, 0.4) is 0 Å². The van der Waals surface area contributed by atoms with Gasteiger partial charge in [0.15, 0.2) is 11.5 Å². The van der Waals surface area contributed by atoms with E-state index in [0.29, 0.717) is 33.9 Å². The van der Waals surface area contributed by atoms with Crippen LogP contribution in [0.5, 0.6) is 17.2 Å². The standard InChI is InChI=1S/C28H23N3O6/c1-15(2)37-18-10-7-16(8-11-18)24-23(25(32)17-9-12-21-22(13-17)36-14-35-21)26(33)27(34)31(24)28-29-19-5-3-4-6-20(19)30-28/h3-13,15,24,32H,14H2,1-2H3,(H,29,30)/b25-23+. The van der Waals surface area contributed by atoms with Crippen LogP contribution in [0, 0.1) is 0 Å². The summed E-state index contributed by atoms with van der Waals surface area (Å²) >= 11 is 0. The van der Waals surface area contributed by atoms with E-state index in [1.807, 2.05) is 38.1 Å². The van der Waals surface area contributed by atoms with Crippen molar-refractivity contribution in [1.29, 1.82) is 0 Å². The highest BCUT2D eigenvalue weighted by Crippen LogP contribution is 2.43. The fourth-order valence-electron chi connectivity index (χ4n) is 4.62. The van der Waals surface area contributed by atoms with Gasteiger partial charge in [-0.25, -0.2) is 4.98 Å². The highest BCUT2D eigenvalue weighted by molar-refractivity contribution is 6.51. The Morgan fingerprint density at radius 1 is 1.05 bits per heavy atom. The molecule has 3 heterocycles. The van der Waals surface area contributed by atoms with Crippen LogP contribution in [0.1, 0.15) is 31.0 Å².